The average molecular weight is 265 g/mol. The molecule has 1 aromatic carbocycles. The lowest BCUT2D eigenvalue weighted by Gasteiger charge is -2.22. The molecule has 1 atom stereocenters. The monoisotopic (exact) mass is 265 g/mol. The van der Waals surface area contributed by atoms with Crippen LogP contribution in [0.2, 0.25) is 0 Å². The Morgan fingerprint density at radius 1 is 1.56 bits per heavy atom. The smallest absolute Gasteiger partial charge is 0.224 e. The molecule has 0 aliphatic carbocycles. The van der Waals surface area contributed by atoms with Gasteiger partial charge in [0.05, 0.1) is 6.42 Å². The number of carbonyl (C=O) groups is 1. The summed E-state index contributed by atoms with van der Waals surface area (Å²) in [5.41, 5.74) is 0.844. The number of phenols is 1. The van der Waals surface area contributed by atoms with Crippen LogP contribution in [0.4, 0.5) is 0 Å². The summed E-state index contributed by atoms with van der Waals surface area (Å²) in [6.45, 7) is 2.94. The van der Waals surface area contributed by atoms with E-state index in [1.54, 1.807) is 18.2 Å². The highest BCUT2D eigenvalue weighted by Crippen LogP contribution is 2.36. The van der Waals surface area contributed by atoms with E-state index in [-0.39, 0.29) is 16.4 Å². The van der Waals surface area contributed by atoms with Gasteiger partial charge in [0, 0.05) is 11.3 Å². The van der Waals surface area contributed by atoms with E-state index < -0.39 is 0 Å². The third kappa shape index (κ3) is 3.67. The van der Waals surface area contributed by atoms with Crippen molar-refractivity contribution >= 4 is 17.7 Å². The molecule has 1 aliphatic heterocycles. The van der Waals surface area contributed by atoms with Gasteiger partial charge in [0.25, 0.3) is 0 Å². The summed E-state index contributed by atoms with van der Waals surface area (Å²) in [6, 6.07) is 6.85. The number of phenolic OH excluding ortho intramolecular Hbond substituents is 1. The number of carbonyl (C=O) groups excluding carboxylic acids is 1. The second kappa shape index (κ2) is 5.65. The third-order valence-corrected chi connectivity index (χ3v) is 4.77. The first kappa shape index (κ1) is 13.3. The van der Waals surface area contributed by atoms with Gasteiger partial charge in [0.2, 0.25) is 5.91 Å². The Balaban J connectivity index is 1.82. The van der Waals surface area contributed by atoms with Crippen LogP contribution in [-0.4, -0.2) is 28.1 Å². The van der Waals surface area contributed by atoms with Crippen molar-refractivity contribution in [2.75, 3.05) is 12.3 Å². The average Bonchev–Trinajstić information content (AvgIpc) is 2.74. The van der Waals surface area contributed by atoms with E-state index in [1.165, 1.54) is 18.6 Å². The van der Waals surface area contributed by atoms with Gasteiger partial charge in [-0.25, -0.2) is 0 Å². The van der Waals surface area contributed by atoms with Crippen molar-refractivity contribution in [2.45, 2.75) is 30.9 Å². The summed E-state index contributed by atoms with van der Waals surface area (Å²) in [4.78, 5) is 11.8. The molecule has 1 aromatic rings. The van der Waals surface area contributed by atoms with Crippen LogP contribution in [0.15, 0.2) is 24.3 Å². The Morgan fingerprint density at radius 2 is 2.39 bits per heavy atom. The van der Waals surface area contributed by atoms with E-state index in [9.17, 15) is 9.90 Å². The number of hydrogen-bond donors (Lipinski definition) is 2. The molecule has 0 bridgehead atoms. The first-order chi connectivity index (χ1) is 8.57. The molecular formula is C14H19NO2S. The fourth-order valence-corrected chi connectivity index (χ4v) is 3.42. The number of amides is 1. The van der Waals surface area contributed by atoms with Crippen molar-refractivity contribution in [2.24, 2.45) is 0 Å². The first-order valence-electron chi connectivity index (χ1n) is 6.26. The van der Waals surface area contributed by atoms with E-state index in [0.29, 0.717) is 6.42 Å². The molecule has 1 fully saturated rings. The predicted octanol–water partition coefficient (Wildman–Crippen LogP) is 2.34. The van der Waals surface area contributed by atoms with Crippen molar-refractivity contribution < 1.29 is 9.90 Å². The van der Waals surface area contributed by atoms with Gasteiger partial charge in [-0.3, -0.25) is 4.79 Å². The van der Waals surface area contributed by atoms with Crippen LogP contribution in [-0.2, 0) is 11.2 Å². The zero-order valence-electron chi connectivity index (χ0n) is 10.6. The highest BCUT2D eigenvalue weighted by molar-refractivity contribution is 8.00. The third-order valence-electron chi connectivity index (χ3n) is 3.24. The molecule has 0 aromatic heterocycles. The molecule has 1 unspecified atom stereocenters. The molecule has 0 saturated carbocycles. The van der Waals surface area contributed by atoms with E-state index in [0.717, 1.165) is 12.1 Å². The molecule has 4 heteroatoms. The summed E-state index contributed by atoms with van der Waals surface area (Å²) in [7, 11) is 0. The van der Waals surface area contributed by atoms with E-state index in [2.05, 4.69) is 12.2 Å². The van der Waals surface area contributed by atoms with Crippen molar-refractivity contribution in [3.05, 3.63) is 29.8 Å². The number of aromatic hydroxyl groups is 1. The van der Waals surface area contributed by atoms with Crippen LogP contribution in [0.3, 0.4) is 0 Å². The molecule has 18 heavy (non-hydrogen) atoms. The van der Waals surface area contributed by atoms with Crippen LogP contribution < -0.4 is 5.32 Å². The molecule has 1 amide bonds. The minimum atomic E-state index is 0.0225. The molecule has 2 rings (SSSR count). The van der Waals surface area contributed by atoms with Gasteiger partial charge in [-0.05, 0) is 43.2 Å². The van der Waals surface area contributed by atoms with Crippen LogP contribution >= 0.6 is 11.8 Å². The minimum absolute atomic E-state index is 0.0225. The van der Waals surface area contributed by atoms with Crippen LogP contribution in [0, 0.1) is 0 Å². The highest BCUT2D eigenvalue weighted by atomic mass is 32.2. The van der Waals surface area contributed by atoms with Gasteiger partial charge in [-0.2, -0.15) is 11.8 Å². The fourth-order valence-electron chi connectivity index (χ4n) is 2.18. The number of nitrogens with one attached hydrogen (secondary N) is 1. The van der Waals surface area contributed by atoms with Crippen LogP contribution in [0.25, 0.3) is 0 Å². The Bertz CT molecular complexity index is 428. The lowest BCUT2D eigenvalue weighted by Crippen LogP contribution is -2.37. The SMILES string of the molecule is CC1(CNC(=O)Cc2cccc(O)c2)CCCS1. The van der Waals surface area contributed by atoms with E-state index in [4.69, 9.17) is 0 Å². The molecule has 1 heterocycles. The Hall–Kier alpha value is -1.16. The van der Waals surface area contributed by atoms with Crippen LogP contribution in [0.1, 0.15) is 25.3 Å². The largest absolute Gasteiger partial charge is 0.508 e. The second-order valence-corrected chi connectivity index (χ2v) is 6.71. The lowest BCUT2D eigenvalue weighted by atomic mass is 10.1. The second-order valence-electron chi connectivity index (χ2n) is 5.03. The summed E-state index contributed by atoms with van der Waals surface area (Å²) < 4.78 is 0.203. The molecule has 98 valence electrons. The van der Waals surface area contributed by atoms with Gasteiger partial charge in [0.15, 0.2) is 0 Å². The quantitative estimate of drug-likeness (QED) is 0.878. The van der Waals surface area contributed by atoms with Crippen molar-refractivity contribution in [3.8, 4) is 5.75 Å². The lowest BCUT2D eigenvalue weighted by molar-refractivity contribution is -0.120. The molecular weight excluding hydrogens is 246 g/mol. The molecule has 0 spiro atoms. The first-order valence-corrected chi connectivity index (χ1v) is 7.25. The summed E-state index contributed by atoms with van der Waals surface area (Å²) in [5.74, 6) is 1.42. The van der Waals surface area contributed by atoms with Crippen LogP contribution in [0.5, 0.6) is 5.75 Å². The van der Waals surface area contributed by atoms with Gasteiger partial charge in [0.1, 0.15) is 5.75 Å². The Morgan fingerprint density at radius 3 is 3.06 bits per heavy atom. The predicted molar refractivity (Wildman–Crippen MR) is 74.9 cm³/mol. The number of thioether (sulfide) groups is 1. The molecule has 1 saturated heterocycles. The number of hydrogen-bond acceptors (Lipinski definition) is 3. The normalized spacial score (nSPS) is 22.9. The Labute approximate surface area is 112 Å². The number of benzene rings is 1. The summed E-state index contributed by atoms with van der Waals surface area (Å²) >= 11 is 1.94. The zero-order valence-corrected chi connectivity index (χ0v) is 11.4. The van der Waals surface area contributed by atoms with E-state index in [1.807, 2.05) is 17.8 Å². The van der Waals surface area contributed by atoms with E-state index >= 15 is 0 Å². The topological polar surface area (TPSA) is 49.3 Å². The molecule has 2 N–H and O–H groups in total. The minimum Gasteiger partial charge on any atom is -0.508 e. The van der Waals surface area contributed by atoms with Gasteiger partial charge in [-0.1, -0.05) is 12.1 Å². The maximum Gasteiger partial charge on any atom is 0.224 e. The van der Waals surface area contributed by atoms with Crippen molar-refractivity contribution in [1.29, 1.82) is 0 Å². The zero-order chi connectivity index (χ0) is 13.0. The Kier molecular flexibility index (Phi) is 4.17. The van der Waals surface area contributed by atoms with Crippen molar-refractivity contribution in [1.82, 2.24) is 5.32 Å². The molecule has 1 aliphatic rings. The number of rotatable bonds is 4. The highest BCUT2D eigenvalue weighted by Gasteiger charge is 2.29. The van der Waals surface area contributed by atoms with Gasteiger partial charge < -0.3 is 10.4 Å². The molecule has 0 radical (unpaired) electrons. The standard InChI is InChI=1S/C14H19NO2S/c1-14(6-3-7-18-14)10-15-13(17)9-11-4-2-5-12(16)8-11/h2,4-5,8,16H,3,6-7,9-10H2,1H3,(H,15,17). The summed E-state index contributed by atoms with van der Waals surface area (Å²) in [5, 5.41) is 12.3. The maximum atomic E-state index is 11.8. The van der Waals surface area contributed by atoms with Gasteiger partial charge >= 0.3 is 0 Å². The molecule has 3 nitrogen and oxygen atoms in total. The fraction of sp³-hybridized carbons (Fsp3) is 0.500. The maximum absolute atomic E-state index is 11.8. The summed E-state index contributed by atoms with van der Waals surface area (Å²) in [6.07, 6.45) is 2.74. The van der Waals surface area contributed by atoms with Gasteiger partial charge in [-0.15, -0.1) is 0 Å². The van der Waals surface area contributed by atoms with Crippen molar-refractivity contribution in [3.63, 3.8) is 0 Å².